The molecule has 7 nitrogen and oxygen atoms in total. The maximum atomic E-state index is 13.0. The highest BCUT2D eigenvalue weighted by molar-refractivity contribution is 5.92. The molecule has 0 atom stereocenters. The molecule has 1 saturated heterocycles. The number of nitrogens with zero attached hydrogens (tertiary/aromatic N) is 4. The standard InChI is InChI=1S/C21H21F2N5O2/c22-16-3-1-15(2-4-16)21-26-25-20(30-21)14-28-11-9-27(10-12-28)13-19(29)24-18-7-5-17(23)6-8-18/h1-8H,9-14H2,(H,24,29). The molecular formula is C21H21F2N5O2. The van der Waals surface area contributed by atoms with Crippen LogP contribution < -0.4 is 5.32 Å². The van der Waals surface area contributed by atoms with E-state index in [1.165, 1.54) is 36.4 Å². The van der Waals surface area contributed by atoms with E-state index in [4.69, 9.17) is 4.42 Å². The zero-order chi connectivity index (χ0) is 20.9. The number of hydrogen-bond acceptors (Lipinski definition) is 6. The number of hydrogen-bond donors (Lipinski definition) is 1. The van der Waals surface area contributed by atoms with Gasteiger partial charge in [0.1, 0.15) is 11.6 Å². The summed E-state index contributed by atoms with van der Waals surface area (Å²) < 4.78 is 31.7. The number of halogens is 2. The van der Waals surface area contributed by atoms with Gasteiger partial charge in [0, 0.05) is 37.4 Å². The van der Waals surface area contributed by atoms with Crippen LogP contribution in [0.5, 0.6) is 0 Å². The molecule has 1 amide bonds. The third-order valence-electron chi connectivity index (χ3n) is 4.88. The molecule has 9 heteroatoms. The van der Waals surface area contributed by atoms with Crippen molar-refractivity contribution in [2.24, 2.45) is 0 Å². The Balaban J connectivity index is 1.23. The number of anilines is 1. The first-order chi connectivity index (χ1) is 14.5. The van der Waals surface area contributed by atoms with Gasteiger partial charge < -0.3 is 9.73 Å². The maximum Gasteiger partial charge on any atom is 0.247 e. The van der Waals surface area contributed by atoms with Crippen LogP contribution in [0.1, 0.15) is 5.89 Å². The van der Waals surface area contributed by atoms with E-state index in [9.17, 15) is 13.6 Å². The molecule has 0 radical (unpaired) electrons. The molecule has 1 aliphatic rings. The van der Waals surface area contributed by atoms with Gasteiger partial charge in [-0.3, -0.25) is 14.6 Å². The van der Waals surface area contributed by atoms with Crippen molar-refractivity contribution in [2.75, 3.05) is 38.0 Å². The monoisotopic (exact) mass is 413 g/mol. The zero-order valence-electron chi connectivity index (χ0n) is 16.2. The fourth-order valence-corrected chi connectivity index (χ4v) is 3.26. The van der Waals surface area contributed by atoms with E-state index in [2.05, 4.69) is 25.3 Å². The largest absolute Gasteiger partial charge is 0.419 e. The third kappa shape index (κ3) is 5.25. The molecule has 3 aromatic rings. The zero-order valence-corrected chi connectivity index (χ0v) is 16.2. The maximum absolute atomic E-state index is 13.0. The fourth-order valence-electron chi connectivity index (χ4n) is 3.26. The van der Waals surface area contributed by atoms with Crippen LogP contribution in [0.15, 0.2) is 52.9 Å². The van der Waals surface area contributed by atoms with Crippen LogP contribution in [0.25, 0.3) is 11.5 Å². The topological polar surface area (TPSA) is 74.5 Å². The van der Waals surface area contributed by atoms with E-state index >= 15 is 0 Å². The van der Waals surface area contributed by atoms with Crippen molar-refractivity contribution in [3.8, 4) is 11.5 Å². The molecule has 0 aliphatic carbocycles. The number of amides is 1. The smallest absolute Gasteiger partial charge is 0.247 e. The highest BCUT2D eigenvalue weighted by atomic mass is 19.1. The SMILES string of the molecule is O=C(CN1CCN(Cc2nnc(-c3ccc(F)cc3)o2)CC1)Nc1ccc(F)cc1. The van der Waals surface area contributed by atoms with Crippen LogP contribution in [0.3, 0.4) is 0 Å². The Morgan fingerprint density at radius 2 is 1.50 bits per heavy atom. The molecule has 0 unspecified atom stereocenters. The quantitative estimate of drug-likeness (QED) is 0.670. The summed E-state index contributed by atoms with van der Waals surface area (Å²) in [5, 5.41) is 10.9. The Kier molecular flexibility index (Phi) is 6.10. The predicted octanol–water partition coefficient (Wildman–Crippen LogP) is 2.77. The van der Waals surface area contributed by atoms with E-state index < -0.39 is 0 Å². The molecule has 1 aliphatic heterocycles. The number of piperazine rings is 1. The molecule has 2 heterocycles. The average Bonchev–Trinajstić information content (AvgIpc) is 3.20. The summed E-state index contributed by atoms with van der Waals surface area (Å²) in [5.74, 6) is 0.0756. The summed E-state index contributed by atoms with van der Waals surface area (Å²) in [6.07, 6.45) is 0. The van der Waals surface area contributed by atoms with Crippen LogP contribution in [0.2, 0.25) is 0 Å². The van der Waals surface area contributed by atoms with Gasteiger partial charge >= 0.3 is 0 Å². The minimum absolute atomic E-state index is 0.129. The number of benzene rings is 2. The van der Waals surface area contributed by atoms with Crippen molar-refractivity contribution in [3.05, 3.63) is 66.1 Å². The summed E-state index contributed by atoms with van der Waals surface area (Å²) in [6, 6.07) is 11.6. The minimum atomic E-state index is -0.338. The van der Waals surface area contributed by atoms with Crippen molar-refractivity contribution < 1.29 is 18.0 Å². The van der Waals surface area contributed by atoms with Gasteiger partial charge in [0.05, 0.1) is 13.1 Å². The molecule has 156 valence electrons. The average molecular weight is 413 g/mol. The minimum Gasteiger partial charge on any atom is -0.419 e. The van der Waals surface area contributed by atoms with Crippen LogP contribution in [0.4, 0.5) is 14.5 Å². The van der Waals surface area contributed by atoms with Crippen LogP contribution in [-0.2, 0) is 11.3 Å². The van der Waals surface area contributed by atoms with Crippen LogP contribution >= 0.6 is 0 Å². The van der Waals surface area contributed by atoms with Crippen LogP contribution in [0, 0.1) is 11.6 Å². The van der Waals surface area contributed by atoms with Crippen molar-refractivity contribution in [2.45, 2.75) is 6.54 Å². The van der Waals surface area contributed by atoms with Gasteiger partial charge in [0.15, 0.2) is 0 Å². The second kappa shape index (κ2) is 9.10. The van der Waals surface area contributed by atoms with Crippen molar-refractivity contribution in [3.63, 3.8) is 0 Å². The highest BCUT2D eigenvalue weighted by Gasteiger charge is 2.21. The van der Waals surface area contributed by atoms with Gasteiger partial charge in [0.25, 0.3) is 0 Å². The Morgan fingerprint density at radius 1 is 0.900 bits per heavy atom. The molecule has 1 N–H and O–H groups in total. The number of carbonyl (C=O) groups excluding carboxylic acids is 1. The lowest BCUT2D eigenvalue weighted by molar-refractivity contribution is -0.117. The Hall–Kier alpha value is -3.17. The highest BCUT2D eigenvalue weighted by Crippen LogP contribution is 2.19. The molecule has 1 fully saturated rings. The van der Waals surface area contributed by atoms with E-state index in [0.29, 0.717) is 29.6 Å². The molecule has 0 bridgehead atoms. The summed E-state index contributed by atoms with van der Waals surface area (Å²) in [7, 11) is 0. The lowest BCUT2D eigenvalue weighted by Gasteiger charge is -2.33. The number of nitrogens with one attached hydrogen (secondary N) is 1. The number of carbonyl (C=O) groups is 1. The molecule has 0 saturated carbocycles. The Morgan fingerprint density at radius 3 is 2.17 bits per heavy atom. The van der Waals surface area contributed by atoms with Gasteiger partial charge in [-0.2, -0.15) is 0 Å². The predicted molar refractivity (Wildman–Crippen MR) is 106 cm³/mol. The van der Waals surface area contributed by atoms with E-state index in [1.807, 2.05) is 0 Å². The van der Waals surface area contributed by atoms with Gasteiger partial charge in [0.2, 0.25) is 17.7 Å². The number of aromatic nitrogens is 2. The van der Waals surface area contributed by atoms with Gasteiger partial charge in [-0.1, -0.05) is 0 Å². The van der Waals surface area contributed by atoms with Gasteiger partial charge in [-0.15, -0.1) is 10.2 Å². The van der Waals surface area contributed by atoms with E-state index in [-0.39, 0.29) is 24.1 Å². The molecular weight excluding hydrogens is 392 g/mol. The molecule has 1 aromatic heterocycles. The summed E-state index contributed by atoms with van der Waals surface area (Å²) in [6.45, 7) is 3.78. The first-order valence-electron chi connectivity index (χ1n) is 9.63. The first-order valence-corrected chi connectivity index (χ1v) is 9.63. The Bertz CT molecular complexity index is 983. The van der Waals surface area contributed by atoms with Crippen molar-refractivity contribution in [1.82, 2.24) is 20.0 Å². The summed E-state index contributed by atoms with van der Waals surface area (Å²) in [4.78, 5) is 16.4. The number of rotatable bonds is 6. The van der Waals surface area contributed by atoms with Crippen molar-refractivity contribution >= 4 is 11.6 Å². The third-order valence-corrected chi connectivity index (χ3v) is 4.88. The lowest BCUT2D eigenvalue weighted by atomic mass is 10.2. The molecule has 30 heavy (non-hydrogen) atoms. The molecule has 4 rings (SSSR count). The molecule has 0 spiro atoms. The van der Waals surface area contributed by atoms with E-state index in [0.717, 1.165) is 26.2 Å². The summed E-state index contributed by atoms with van der Waals surface area (Å²) >= 11 is 0. The van der Waals surface area contributed by atoms with Gasteiger partial charge in [-0.05, 0) is 48.5 Å². The fraction of sp³-hybridized carbons (Fsp3) is 0.286. The van der Waals surface area contributed by atoms with Crippen LogP contribution in [-0.4, -0.2) is 58.6 Å². The van der Waals surface area contributed by atoms with Crippen molar-refractivity contribution in [1.29, 1.82) is 0 Å². The van der Waals surface area contributed by atoms with Gasteiger partial charge in [-0.25, -0.2) is 8.78 Å². The Labute approximate surface area is 172 Å². The second-order valence-electron chi connectivity index (χ2n) is 7.12. The van der Waals surface area contributed by atoms with E-state index in [1.54, 1.807) is 12.1 Å². The second-order valence-corrected chi connectivity index (χ2v) is 7.12. The summed E-state index contributed by atoms with van der Waals surface area (Å²) in [5.41, 5.74) is 1.25. The lowest BCUT2D eigenvalue weighted by Crippen LogP contribution is -2.48. The molecule has 2 aromatic carbocycles. The first kappa shape index (κ1) is 20.1. The normalized spacial score (nSPS) is 15.3.